The first-order valence-electron chi connectivity index (χ1n) is 7.17. The fraction of sp³-hybridized carbons (Fsp3) is 0.533. The molecule has 0 radical (unpaired) electrons. The highest BCUT2D eigenvalue weighted by Crippen LogP contribution is 2.25. The van der Waals surface area contributed by atoms with Crippen LogP contribution in [-0.2, 0) is 0 Å². The van der Waals surface area contributed by atoms with E-state index in [1.165, 1.54) is 6.42 Å². The predicted molar refractivity (Wildman–Crippen MR) is 81.2 cm³/mol. The van der Waals surface area contributed by atoms with E-state index in [1.54, 1.807) is 6.07 Å². The zero-order chi connectivity index (χ0) is 13.9. The van der Waals surface area contributed by atoms with Crippen molar-refractivity contribution in [2.24, 2.45) is 0 Å². The van der Waals surface area contributed by atoms with Crippen LogP contribution in [0.5, 0.6) is 0 Å². The lowest BCUT2D eigenvalue weighted by Crippen LogP contribution is -2.51. The van der Waals surface area contributed by atoms with Crippen LogP contribution < -0.4 is 10.2 Å². The standard InChI is InChI=1S/C15H19ClN4/c16-13-1-2-15(12(9-13)10-17)20-7-5-19(6-8-20)14-3-4-18-11-14/h1-2,9,14,18H,3-8,11H2. The van der Waals surface area contributed by atoms with Gasteiger partial charge in [0.1, 0.15) is 6.07 Å². The summed E-state index contributed by atoms with van der Waals surface area (Å²) in [5.74, 6) is 0. The molecule has 0 spiro atoms. The highest BCUT2D eigenvalue weighted by molar-refractivity contribution is 6.30. The lowest BCUT2D eigenvalue weighted by Gasteiger charge is -2.39. The van der Waals surface area contributed by atoms with Crippen molar-refractivity contribution in [3.8, 4) is 6.07 Å². The summed E-state index contributed by atoms with van der Waals surface area (Å²) in [4.78, 5) is 4.87. The minimum Gasteiger partial charge on any atom is -0.368 e. The molecule has 0 amide bonds. The van der Waals surface area contributed by atoms with E-state index in [9.17, 15) is 5.26 Å². The number of nitrogens with one attached hydrogen (secondary N) is 1. The molecule has 2 fully saturated rings. The van der Waals surface area contributed by atoms with Gasteiger partial charge in [-0.15, -0.1) is 0 Å². The van der Waals surface area contributed by atoms with Gasteiger partial charge in [0, 0.05) is 43.8 Å². The van der Waals surface area contributed by atoms with Crippen molar-refractivity contribution in [2.45, 2.75) is 12.5 Å². The molecule has 106 valence electrons. The number of hydrogen-bond donors (Lipinski definition) is 1. The van der Waals surface area contributed by atoms with E-state index in [4.69, 9.17) is 11.6 Å². The average molecular weight is 291 g/mol. The highest BCUT2D eigenvalue weighted by Gasteiger charge is 2.26. The fourth-order valence-electron chi connectivity index (χ4n) is 3.15. The summed E-state index contributed by atoms with van der Waals surface area (Å²) in [6.07, 6.45) is 1.25. The van der Waals surface area contributed by atoms with Gasteiger partial charge in [0.15, 0.2) is 0 Å². The zero-order valence-electron chi connectivity index (χ0n) is 11.5. The zero-order valence-corrected chi connectivity index (χ0v) is 12.2. The Hall–Kier alpha value is -1.28. The predicted octanol–water partition coefficient (Wildman–Crippen LogP) is 1.70. The summed E-state index contributed by atoms with van der Waals surface area (Å²) >= 11 is 5.96. The van der Waals surface area contributed by atoms with Gasteiger partial charge >= 0.3 is 0 Å². The maximum absolute atomic E-state index is 9.24. The smallest absolute Gasteiger partial charge is 0.101 e. The third kappa shape index (κ3) is 2.76. The summed E-state index contributed by atoms with van der Waals surface area (Å²) in [5.41, 5.74) is 1.69. The van der Waals surface area contributed by atoms with E-state index < -0.39 is 0 Å². The maximum Gasteiger partial charge on any atom is 0.101 e. The van der Waals surface area contributed by atoms with E-state index in [0.717, 1.165) is 45.0 Å². The summed E-state index contributed by atoms with van der Waals surface area (Å²) in [5, 5.41) is 13.3. The van der Waals surface area contributed by atoms with Gasteiger partial charge in [0.25, 0.3) is 0 Å². The number of benzene rings is 1. The molecule has 1 aromatic rings. The molecule has 5 heteroatoms. The summed E-state index contributed by atoms with van der Waals surface area (Å²) in [6.45, 7) is 6.35. The molecule has 0 aliphatic carbocycles. The van der Waals surface area contributed by atoms with Crippen molar-refractivity contribution in [3.63, 3.8) is 0 Å². The van der Waals surface area contributed by atoms with Crippen LogP contribution in [0.25, 0.3) is 0 Å². The Kier molecular flexibility index (Phi) is 4.11. The Morgan fingerprint density at radius 1 is 1.25 bits per heavy atom. The van der Waals surface area contributed by atoms with Crippen LogP contribution in [0.4, 0.5) is 5.69 Å². The van der Waals surface area contributed by atoms with Gasteiger partial charge in [-0.1, -0.05) is 11.6 Å². The van der Waals surface area contributed by atoms with Crippen molar-refractivity contribution < 1.29 is 0 Å². The second-order valence-corrected chi connectivity index (χ2v) is 5.88. The molecule has 1 atom stereocenters. The normalized spacial score (nSPS) is 23.8. The molecule has 2 aliphatic heterocycles. The number of anilines is 1. The largest absolute Gasteiger partial charge is 0.368 e. The van der Waals surface area contributed by atoms with Gasteiger partial charge in [-0.3, -0.25) is 4.90 Å². The number of hydrogen-bond acceptors (Lipinski definition) is 4. The summed E-state index contributed by atoms with van der Waals surface area (Å²) < 4.78 is 0. The van der Waals surface area contributed by atoms with Gasteiger partial charge < -0.3 is 10.2 Å². The fourth-order valence-corrected chi connectivity index (χ4v) is 3.32. The number of nitrogens with zero attached hydrogens (tertiary/aromatic N) is 3. The molecule has 0 aromatic heterocycles. The molecule has 0 bridgehead atoms. The SMILES string of the molecule is N#Cc1cc(Cl)ccc1N1CCN(C2CCNC2)CC1. The molecule has 0 saturated carbocycles. The van der Waals surface area contributed by atoms with Gasteiger partial charge in [0.2, 0.25) is 0 Å². The van der Waals surface area contributed by atoms with Crippen LogP contribution in [0.1, 0.15) is 12.0 Å². The van der Waals surface area contributed by atoms with E-state index in [-0.39, 0.29) is 0 Å². The Labute approximate surface area is 124 Å². The van der Waals surface area contributed by atoms with Crippen LogP contribution >= 0.6 is 11.6 Å². The number of nitriles is 1. The monoisotopic (exact) mass is 290 g/mol. The van der Waals surface area contributed by atoms with Gasteiger partial charge in [-0.25, -0.2) is 0 Å². The lowest BCUT2D eigenvalue weighted by molar-refractivity contribution is 0.196. The van der Waals surface area contributed by atoms with Crippen molar-refractivity contribution in [2.75, 3.05) is 44.2 Å². The topological polar surface area (TPSA) is 42.3 Å². The molecule has 1 N–H and O–H groups in total. The van der Waals surface area contributed by atoms with Crippen molar-refractivity contribution >= 4 is 17.3 Å². The Bertz CT molecular complexity index is 511. The number of piperazine rings is 1. The molecule has 4 nitrogen and oxygen atoms in total. The first-order valence-corrected chi connectivity index (χ1v) is 7.55. The quantitative estimate of drug-likeness (QED) is 0.900. The van der Waals surface area contributed by atoms with Crippen LogP contribution in [0.15, 0.2) is 18.2 Å². The summed E-state index contributed by atoms with van der Waals surface area (Å²) in [6, 6.07) is 8.53. The molecular formula is C15H19ClN4. The van der Waals surface area contributed by atoms with Gasteiger partial charge in [-0.2, -0.15) is 5.26 Å². The molecule has 20 heavy (non-hydrogen) atoms. The van der Waals surface area contributed by atoms with Crippen molar-refractivity contribution in [1.29, 1.82) is 5.26 Å². The second kappa shape index (κ2) is 6.01. The minimum atomic E-state index is 0.626. The van der Waals surface area contributed by atoms with Crippen molar-refractivity contribution in [3.05, 3.63) is 28.8 Å². The molecule has 3 rings (SSSR count). The van der Waals surface area contributed by atoms with Crippen LogP contribution in [0.3, 0.4) is 0 Å². The van der Waals surface area contributed by atoms with Crippen LogP contribution in [-0.4, -0.2) is 50.2 Å². The highest BCUT2D eigenvalue weighted by atomic mass is 35.5. The van der Waals surface area contributed by atoms with Crippen LogP contribution in [0.2, 0.25) is 5.02 Å². The number of halogens is 1. The Morgan fingerprint density at radius 3 is 2.70 bits per heavy atom. The van der Waals surface area contributed by atoms with E-state index in [0.29, 0.717) is 16.6 Å². The van der Waals surface area contributed by atoms with Gasteiger partial charge in [0.05, 0.1) is 11.3 Å². The van der Waals surface area contributed by atoms with Crippen LogP contribution in [0, 0.1) is 11.3 Å². The maximum atomic E-state index is 9.24. The molecule has 1 unspecified atom stereocenters. The number of rotatable bonds is 2. The van der Waals surface area contributed by atoms with E-state index in [2.05, 4.69) is 21.2 Å². The van der Waals surface area contributed by atoms with E-state index in [1.807, 2.05) is 12.1 Å². The van der Waals surface area contributed by atoms with Crippen molar-refractivity contribution in [1.82, 2.24) is 10.2 Å². The Morgan fingerprint density at radius 2 is 2.05 bits per heavy atom. The molecule has 2 heterocycles. The molecule has 2 saturated heterocycles. The first-order chi connectivity index (χ1) is 9.78. The lowest BCUT2D eigenvalue weighted by atomic mass is 10.1. The minimum absolute atomic E-state index is 0.626. The summed E-state index contributed by atoms with van der Waals surface area (Å²) in [7, 11) is 0. The molecular weight excluding hydrogens is 272 g/mol. The first kappa shape index (κ1) is 13.7. The molecule has 2 aliphatic rings. The Balaban J connectivity index is 1.67. The average Bonchev–Trinajstić information content (AvgIpc) is 3.01. The third-order valence-electron chi connectivity index (χ3n) is 4.28. The second-order valence-electron chi connectivity index (χ2n) is 5.44. The van der Waals surface area contributed by atoms with E-state index >= 15 is 0 Å². The van der Waals surface area contributed by atoms with Gasteiger partial charge in [-0.05, 0) is 31.2 Å². The molecule has 1 aromatic carbocycles. The third-order valence-corrected chi connectivity index (χ3v) is 4.52.